The zero-order valence-corrected chi connectivity index (χ0v) is 23.1. The van der Waals surface area contributed by atoms with E-state index in [-0.39, 0.29) is 36.1 Å². The van der Waals surface area contributed by atoms with Gasteiger partial charge in [-0.15, -0.1) is 0 Å². The van der Waals surface area contributed by atoms with Crippen LogP contribution >= 0.6 is 0 Å². The largest absolute Gasteiger partial charge is 0.444 e. The van der Waals surface area contributed by atoms with Gasteiger partial charge in [-0.1, -0.05) is 12.1 Å². The average Bonchev–Trinajstić information content (AvgIpc) is 3.73. The van der Waals surface area contributed by atoms with Crippen LogP contribution in [0.4, 0.5) is 4.79 Å². The van der Waals surface area contributed by atoms with Crippen molar-refractivity contribution < 1.29 is 23.9 Å². The molecule has 2 aromatic rings. The number of aromatic nitrogens is 2. The maximum Gasteiger partial charge on any atom is 0.410 e. The van der Waals surface area contributed by atoms with E-state index < -0.39 is 5.60 Å². The standard InChI is InChI=1S/C29H37N5O5/c1-29(2,3)39-28(37)32-13-11-23(12-14-32)34(22-9-10-22)27(36)21-15-30-25(31-16-21)19-5-7-20(8-6-19)26(35)33-17-24(18-33)38-4/h5-8,15-16,22-24H,9-14,17-18H2,1-4H3. The van der Waals surface area contributed by atoms with E-state index in [9.17, 15) is 14.4 Å². The first-order valence-corrected chi connectivity index (χ1v) is 13.7. The fourth-order valence-corrected chi connectivity index (χ4v) is 5.07. The van der Waals surface area contributed by atoms with Crippen LogP contribution in [0.15, 0.2) is 36.7 Å². The van der Waals surface area contributed by atoms with E-state index in [1.165, 1.54) is 0 Å². The predicted octanol–water partition coefficient (Wildman–Crippen LogP) is 3.62. The molecule has 0 bridgehead atoms. The topological polar surface area (TPSA) is 105 Å². The first kappa shape index (κ1) is 27.1. The Kier molecular flexibility index (Phi) is 7.57. The molecule has 2 saturated heterocycles. The third kappa shape index (κ3) is 6.21. The van der Waals surface area contributed by atoms with Crippen molar-refractivity contribution in [2.75, 3.05) is 33.3 Å². The lowest BCUT2D eigenvalue weighted by Crippen LogP contribution is -2.54. The average molecular weight is 536 g/mol. The maximum atomic E-state index is 13.5. The van der Waals surface area contributed by atoms with Gasteiger partial charge >= 0.3 is 6.09 Å². The van der Waals surface area contributed by atoms with Crippen molar-refractivity contribution in [3.8, 4) is 11.4 Å². The highest BCUT2D eigenvalue weighted by Gasteiger charge is 2.40. The molecule has 2 aliphatic heterocycles. The minimum absolute atomic E-state index is 0.0196. The number of likely N-dealkylation sites (tertiary alicyclic amines) is 2. The molecule has 1 aromatic heterocycles. The molecule has 0 radical (unpaired) electrons. The third-order valence-corrected chi connectivity index (χ3v) is 7.44. The van der Waals surface area contributed by atoms with E-state index in [4.69, 9.17) is 9.47 Å². The van der Waals surface area contributed by atoms with E-state index in [1.807, 2.05) is 37.8 Å². The van der Waals surface area contributed by atoms with Gasteiger partial charge in [-0.3, -0.25) is 9.59 Å². The maximum absolute atomic E-state index is 13.5. The van der Waals surface area contributed by atoms with E-state index >= 15 is 0 Å². The highest BCUT2D eigenvalue weighted by molar-refractivity contribution is 5.95. The number of amides is 3. The monoisotopic (exact) mass is 535 g/mol. The number of benzene rings is 1. The van der Waals surface area contributed by atoms with Crippen molar-refractivity contribution in [3.05, 3.63) is 47.8 Å². The lowest BCUT2D eigenvalue weighted by molar-refractivity contribution is -0.0191. The normalized spacial score (nSPS) is 18.5. The minimum atomic E-state index is -0.530. The summed E-state index contributed by atoms with van der Waals surface area (Å²) < 4.78 is 10.8. The van der Waals surface area contributed by atoms with Gasteiger partial charge in [-0.05, 0) is 58.6 Å². The van der Waals surface area contributed by atoms with Crippen molar-refractivity contribution in [2.24, 2.45) is 0 Å². The summed E-state index contributed by atoms with van der Waals surface area (Å²) in [6, 6.07) is 7.50. The van der Waals surface area contributed by atoms with Crippen LogP contribution in [0.3, 0.4) is 0 Å². The molecule has 1 aliphatic carbocycles. The number of ether oxygens (including phenoxy) is 2. The highest BCUT2D eigenvalue weighted by Crippen LogP contribution is 2.33. The minimum Gasteiger partial charge on any atom is -0.444 e. The molecule has 1 aromatic carbocycles. The molecule has 0 N–H and O–H groups in total. The van der Waals surface area contributed by atoms with Crippen LogP contribution < -0.4 is 0 Å². The van der Waals surface area contributed by atoms with E-state index in [2.05, 4.69) is 9.97 Å². The summed E-state index contributed by atoms with van der Waals surface area (Å²) in [5.74, 6) is 0.413. The molecule has 3 heterocycles. The number of hydrogen-bond acceptors (Lipinski definition) is 7. The Bertz CT molecular complexity index is 1190. The van der Waals surface area contributed by atoms with Gasteiger partial charge in [-0.2, -0.15) is 0 Å². The van der Waals surface area contributed by atoms with Gasteiger partial charge in [0.15, 0.2) is 5.82 Å². The number of methoxy groups -OCH3 is 1. The molecule has 3 fully saturated rings. The van der Waals surface area contributed by atoms with Gasteiger partial charge in [0.2, 0.25) is 0 Å². The van der Waals surface area contributed by atoms with Crippen LogP contribution in [-0.2, 0) is 9.47 Å². The highest BCUT2D eigenvalue weighted by atomic mass is 16.6. The summed E-state index contributed by atoms with van der Waals surface area (Å²) in [6.07, 6.45) is 6.40. The van der Waals surface area contributed by atoms with Gasteiger partial charge in [0.25, 0.3) is 11.8 Å². The molecular weight excluding hydrogens is 498 g/mol. The molecule has 39 heavy (non-hydrogen) atoms. The number of piperidine rings is 1. The molecular formula is C29H37N5O5. The zero-order chi connectivity index (χ0) is 27.7. The van der Waals surface area contributed by atoms with E-state index in [0.29, 0.717) is 43.1 Å². The number of nitrogens with zero attached hydrogens (tertiary/aromatic N) is 5. The van der Waals surface area contributed by atoms with Crippen LogP contribution in [0.2, 0.25) is 0 Å². The Labute approximate surface area is 229 Å². The van der Waals surface area contributed by atoms with Gasteiger partial charge in [0, 0.05) is 68.9 Å². The summed E-state index contributed by atoms with van der Waals surface area (Å²) >= 11 is 0. The SMILES string of the molecule is COC1CN(C(=O)c2ccc(-c3ncc(C(=O)N(C4CC4)C4CCN(C(=O)OC(C)(C)C)CC4)cn3)cc2)C1. The Morgan fingerprint density at radius 2 is 1.46 bits per heavy atom. The molecule has 3 aliphatic rings. The Hall–Kier alpha value is -3.53. The van der Waals surface area contributed by atoms with Crippen molar-refractivity contribution in [3.63, 3.8) is 0 Å². The second-order valence-electron chi connectivity index (χ2n) is 11.6. The van der Waals surface area contributed by atoms with E-state index in [0.717, 1.165) is 31.2 Å². The zero-order valence-electron chi connectivity index (χ0n) is 23.1. The summed E-state index contributed by atoms with van der Waals surface area (Å²) in [6.45, 7) is 7.93. The van der Waals surface area contributed by atoms with Gasteiger partial charge in [0.05, 0.1) is 11.7 Å². The second kappa shape index (κ2) is 10.9. The van der Waals surface area contributed by atoms with Crippen LogP contribution in [0.5, 0.6) is 0 Å². The second-order valence-corrected chi connectivity index (χ2v) is 11.6. The molecule has 5 rings (SSSR count). The molecule has 208 valence electrons. The van der Waals surface area contributed by atoms with Gasteiger partial charge in [0.1, 0.15) is 5.60 Å². The van der Waals surface area contributed by atoms with Gasteiger partial charge < -0.3 is 24.2 Å². The Morgan fingerprint density at radius 3 is 2.00 bits per heavy atom. The van der Waals surface area contributed by atoms with Crippen LogP contribution in [0.25, 0.3) is 11.4 Å². The molecule has 0 atom stereocenters. The summed E-state index contributed by atoms with van der Waals surface area (Å²) in [5, 5.41) is 0. The fourth-order valence-electron chi connectivity index (χ4n) is 5.07. The van der Waals surface area contributed by atoms with E-state index in [1.54, 1.807) is 41.4 Å². The number of carbonyl (C=O) groups is 3. The fraction of sp³-hybridized carbons (Fsp3) is 0.552. The van der Waals surface area contributed by atoms with Crippen LogP contribution in [0.1, 0.15) is 67.2 Å². The van der Waals surface area contributed by atoms with Crippen molar-refractivity contribution in [2.45, 2.75) is 70.2 Å². The third-order valence-electron chi connectivity index (χ3n) is 7.44. The number of carbonyl (C=O) groups excluding carboxylic acids is 3. The molecule has 0 unspecified atom stereocenters. The predicted molar refractivity (Wildman–Crippen MR) is 144 cm³/mol. The number of hydrogen-bond donors (Lipinski definition) is 0. The van der Waals surface area contributed by atoms with Crippen molar-refractivity contribution >= 4 is 17.9 Å². The molecule has 1 saturated carbocycles. The first-order chi connectivity index (χ1) is 18.6. The van der Waals surface area contributed by atoms with Crippen molar-refractivity contribution in [1.82, 2.24) is 24.7 Å². The molecule has 3 amide bonds. The Morgan fingerprint density at radius 1 is 0.872 bits per heavy atom. The van der Waals surface area contributed by atoms with Crippen molar-refractivity contribution in [1.29, 1.82) is 0 Å². The molecule has 0 spiro atoms. The number of rotatable bonds is 6. The lowest BCUT2D eigenvalue weighted by Gasteiger charge is -2.39. The summed E-state index contributed by atoms with van der Waals surface area (Å²) in [7, 11) is 1.65. The Balaban J connectivity index is 1.20. The smallest absolute Gasteiger partial charge is 0.410 e. The van der Waals surface area contributed by atoms with Gasteiger partial charge in [-0.25, -0.2) is 14.8 Å². The van der Waals surface area contributed by atoms with Crippen LogP contribution in [0, 0.1) is 0 Å². The van der Waals surface area contributed by atoms with Crippen LogP contribution in [-0.4, -0.2) is 99.7 Å². The quantitative estimate of drug-likeness (QED) is 0.556. The molecule has 10 nitrogen and oxygen atoms in total. The lowest BCUT2D eigenvalue weighted by atomic mass is 10.0. The molecule has 10 heteroatoms. The summed E-state index contributed by atoms with van der Waals surface area (Å²) in [4.78, 5) is 53.0. The first-order valence-electron chi connectivity index (χ1n) is 13.7. The summed E-state index contributed by atoms with van der Waals surface area (Å²) in [5.41, 5.74) is 1.31.